The van der Waals surface area contributed by atoms with Gasteiger partial charge in [0.2, 0.25) is 0 Å². The number of carbonyl (C=O) groups is 1. The van der Waals surface area contributed by atoms with Gasteiger partial charge in [0.25, 0.3) is 0 Å². The van der Waals surface area contributed by atoms with E-state index in [4.69, 9.17) is 0 Å². The Bertz CT molecular complexity index is 375. The van der Waals surface area contributed by atoms with Crippen molar-refractivity contribution in [1.29, 1.82) is 0 Å². The topological polar surface area (TPSA) is 37.3 Å². The van der Waals surface area contributed by atoms with E-state index >= 15 is 0 Å². The first-order valence-corrected chi connectivity index (χ1v) is 6.96. The van der Waals surface area contributed by atoms with Gasteiger partial charge in [0.15, 0.2) is 0 Å². The molecule has 0 saturated heterocycles. The fraction of sp³-hybridized carbons (Fsp3) is 0.562. The predicted molar refractivity (Wildman–Crippen MR) is 72.5 cm³/mol. The monoisotopic (exact) mass is 246 g/mol. The van der Waals surface area contributed by atoms with Crippen molar-refractivity contribution in [3.63, 3.8) is 0 Å². The van der Waals surface area contributed by atoms with Crippen LogP contribution in [0.4, 0.5) is 0 Å². The van der Waals surface area contributed by atoms with Gasteiger partial charge in [-0.25, -0.2) is 0 Å². The number of hydrogen-bond acceptors (Lipinski definition) is 1. The van der Waals surface area contributed by atoms with Crippen LogP contribution in [0.3, 0.4) is 0 Å². The lowest BCUT2D eigenvalue weighted by Crippen LogP contribution is -2.26. The van der Waals surface area contributed by atoms with E-state index in [1.54, 1.807) is 0 Å². The van der Waals surface area contributed by atoms with Gasteiger partial charge < -0.3 is 5.11 Å². The number of rotatable bonds is 4. The van der Waals surface area contributed by atoms with Gasteiger partial charge in [-0.1, -0.05) is 56.0 Å². The van der Waals surface area contributed by atoms with Crippen LogP contribution in [0.2, 0.25) is 0 Å². The van der Waals surface area contributed by atoms with Gasteiger partial charge in [0, 0.05) is 0 Å². The van der Waals surface area contributed by atoms with Gasteiger partial charge >= 0.3 is 5.97 Å². The van der Waals surface area contributed by atoms with Gasteiger partial charge in [-0.05, 0) is 30.2 Å². The zero-order chi connectivity index (χ0) is 12.8. The molecule has 1 fully saturated rings. The van der Waals surface area contributed by atoms with Crippen LogP contribution in [-0.4, -0.2) is 11.1 Å². The van der Waals surface area contributed by atoms with Crippen LogP contribution in [0.5, 0.6) is 0 Å². The van der Waals surface area contributed by atoms with Crippen molar-refractivity contribution in [2.75, 3.05) is 0 Å². The average Bonchev–Trinajstić information content (AvgIpc) is 2.55. The summed E-state index contributed by atoms with van der Waals surface area (Å²) in [6, 6.07) is 10.3. The van der Waals surface area contributed by atoms with Gasteiger partial charge in [-0.15, -0.1) is 0 Å². The fourth-order valence-electron chi connectivity index (χ4n) is 3.24. The molecule has 0 aliphatic heterocycles. The minimum atomic E-state index is -0.646. The van der Waals surface area contributed by atoms with Crippen LogP contribution in [0.1, 0.15) is 50.5 Å². The van der Waals surface area contributed by atoms with Gasteiger partial charge in [0.1, 0.15) is 0 Å². The minimum absolute atomic E-state index is 0.0102. The number of aliphatic carboxylic acids is 1. The molecule has 1 aliphatic carbocycles. The van der Waals surface area contributed by atoms with Crippen LogP contribution < -0.4 is 0 Å². The molecule has 1 saturated carbocycles. The van der Waals surface area contributed by atoms with E-state index < -0.39 is 5.97 Å². The van der Waals surface area contributed by atoms with Crippen molar-refractivity contribution in [3.8, 4) is 0 Å². The molecule has 2 rings (SSSR count). The summed E-state index contributed by atoms with van der Waals surface area (Å²) in [6.07, 6.45) is 8.25. The van der Waals surface area contributed by atoms with Crippen LogP contribution in [0.15, 0.2) is 30.3 Å². The molecule has 0 unspecified atom stereocenters. The second-order valence-corrected chi connectivity index (χ2v) is 5.65. The van der Waals surface area contributed by atoms with Gasteiger partial charge in [0.05, 0.1) is 6.42 Å². The second-order valence-electron chi connectivity index (χ2n) is 5.65. The van der Waals surface area contributed by atoms with Gasteiger partial charge in [-0.3, -0.25) is 4.79 Å². The highest BCUT2D eigenvalue weighted by molar-refractivity contribution is 5.67. The first kappa shape index (κ1) is 13.1. The summed E-state index contributed by atoms with van der Waals surface area (Å²) in [5.41, 5.74) is 1.27. The molecule has 0 bridgehead atoms. The molecule has 0 amide bonds. The van der Waals surface area contributed by atoms with Crippen molar-refractivity contribution in [1.82, 2.24) is 0 Å². The SMILES string of the molecule is O=C(O)CC1(Cc2ccccc2)CCCCCC1. The largest absolute Gasteiger partial charge is 0.481 e. The molecule has 0 heterocycles. The fourth-order valence-corrected chi connectivity index (χ4v) is 3.24. The van der Waals surface area contributed by atoms with E-state index in [1.807, 2.05) is 18.2 Å². The third-order valence-corrected chi connectivity index (χ3v) is 4.11. The quantitative estimate of drug-likeness (QED) is 0.814. The number of benzene rings is 1. The Morgan fingerprint density at radius 3 is 2.22 bits per heavy atom. The average molecular weight is 246 g/mol. The Hall–Kier alpha value is -1.31. The zero-order valence-electron chi connectivity index (χ0n) is 10.9. The number of carboxylic acid groups (broad SMARTS) is 1. The summed E-state index contributed by atoms with van der Waals surface area (Å²) in [7, 11) is 0. The summed E-state index contributed by atoms with van der Waals surface area (Å²) >= 11 is 0. The standard InChI is InChI=1S/C16H22O2/c17-15(18)13-16(10-6-1-2-7-11-16)12-14-8-4-3-5-9-14/h3-5,8-9H,1-2,6-7,10-13H2,(H,17,18). The van der Waals surface area contributed by atoms with Crippen molar-refractivity contribution >= 4 is 5.97 Å². The van der Waals surface area contributed by atoms with E-state index in [-0.39, 0.29) is 5.41 Å². The molecule has 0 aromatic heterocycles. The Kier molecular flexibility index (Phi) is 4.40. The molecule has 2 heteroatoms. The molecule has 0 atom stereocenters. The maximum atomic E-state index is 11.2. The molecular formula is C16H22O2. The molecular weight excluding hydrogens is 224 g/mol. The van der Waals surface area contributed by atoms with Crippen LogP contribution in [0, 0.1) is 5.41 Å². The smallest absolute Gasteiger partial charge is 0.303 e. The van der Waals surface area contributed by atoms with Crippen molar-refractivity contribution in [2.45, 2.75) is 51.4 Å². The Morgan fingerprint density at radius 1 is 1.06 bits per heavy atom. The predicted octanol–water partition coefficient (Wildman–Crippen LogP) is 4.04. The Morgan fingerprint density at radius 2 is 1.67 bits per heavy atom. The summed E-state index contributed by atoms with van der Waals surface area (Å²) < 4.78 is 0. The minimum Gasteiger partial charge on any atom is -0.481 e. The lowest BCUT2D eigenvalue weighted by atomic mass is 9.73. The van der Waals surface area contributed by atoms with Crippen molar-refractivity contribution in [2.24, 2.45) is 5.41 Å². The molecule has 0 radical (unpaired) electrons. The van der Waals surface area contributed by atoms with E-state index in [9.17, 15) is 9.90 Å². The normalized spacial score (nSPS) is 19.1. The summed E-state index contributed by atoms with van der Waals surface area (Å²) in [5, 5.41) is 9.20. The molecule has 1 aromatic carbocycles. The molecule has 1 aromatic rings. The number of hydrogen-bond donors (Lipinski definition) is 1. The molecule has 18 heavy (non-hydrogen) atoms. The Balaban J connectivity index is 2.15. The van der Waals surface area contributed by atoms with Crippen LogP contribution in [0.25, 0.3) is 0 Å². The van der Waals surface area contributed by atoms with Crippen molar-refractivity contribution < 1.29 is 9.90 Å². The first-order chi connectivity index (χ1) is 8.70. The van der Waals surface area contributed by atoms with Gasteiger partial charge in [-0.2, -0.15) is 0 Å². The van der Waals surface area contributed by atoms with Crippen LogP contribution >= 0.6 is 0 Å². The third-order valence-electron chi connectivity index (χ3n) is 4.11. The summed E-state index contributed by atoms with van der Waals surface area (Å²) in [6.45, 7) is 0. The maximum Gasteiger partial charge on any atom is 0.303 e. The Labute approximate surface area is 109 Å². The maximum absolute atomic E-state index is 11.2. The lowest BCUT2D eigenvalue weighted by Gasteiger charge is -2.31. The molecule has 2 nitrogen and oxygen atoms in total. The van der Waals surface area contributed by atoms with Crippen molar-refractivity contribution in [3.05, 3.63) is 35.9 Å². The summed E-state index contributed by atoms with van der Waals surface area (Å²) in [5.74, 6) is -0.646. The highest BCUT2D eigenvalue weighted by Crippen LogP contribution is 2.41. The number of carboxylic acids is 1. The molecule has 98 valence electrons. The first-order valence-electron chi connectivity index (χ1n) is 6.96. The van der Waals surface area contributed by atoms with E-state index in [0.717, 1.165) is 19.3 Å². The van der Waals surface area contributed by atoms with E-state index in [0.29, 0.717) is 6.42 Å². The lowest BCUT2D eigenvalue weighted by molar-refractivity contribution is -0.140. The van der Waals surface area contributed by atoms with E-state index in [2.05, 4.69) is 12.1 Å². The highest BCUT2D eigenvalue weighted by Gasteiger charge is 2.33. The van der Waals surface area contributed by atoms with Crippen LogP contribution in [-0.2, 0) is 11.2 Å². The molecule has 1 aliphatic rings. The zero-order valence-corrected chi connectivity index (χ0v) is 10.9. The van der Waals surface area contributed by atoms with E-state index in [1.165, 1.54) is 31.2 Å². The summed E-state index contributed by atoms with van der Waals surface area (Å²) in [4.78, 5) is 11.2. The third kappa shape index (κ3) is 3.59. The highest BCUT2D eigenvalue weighted by atomic mass is 16.4. The second kappa shape index (κ2) is 6.03. The molecule has 0 spiro atoms. The molecule has 1 N–H and O–H groups in total.